The minimum absolute atomic E-state index is 0.0109. The fraction of sp³-hybridized carbons (Fsp3) is 0.211. The minimum Gasteiger partial charge on any atom is -0.495 e. The lowest BCUT2D eigenvalue weighted by Gasteiger charge is -2.07. The van der Waals surface area contributed by atoms with Crippen molar-refractivity contribution in [1.29, 1.82) is 0 Å². The highest BCUT2D eigenvalue weighted by atomic mass is 35.5. The van der Waals surface area contributed by atoms with E-state index in [4.69, 9.17) is 32.7 Å². The Morgan fingerprint density at radius 2 is 1.54 bits per heavy atom. The number of benzene rings is 2. The van der Waals surface area contributed by atoms with Crippen LogP contribution in [0.2, 0.25) is 10.0 Å². The van der Waals surface area contributed by atoms with Crippen LogP contribution in [0, 0.1) is 0 Å². The quantitative estimate of drug-likeness (QED) is 0.490. The molecule has 2 aromatic rings. The molecule has 136 valence electrons. The van der Waals surface area contributed by atoms with E-state index in [1.54, 1.807) is 30.3 Å². The largest absolute Gasteiger partial charge is 0.495 e. The van der Waals surface area contributed by atoms with Crippen molar-refractivity contribution < 1.29 is 23.9 Å². The topological polar surface area (TPSA) is 69.7 Å². The second kappa shape index (κ2) is 9.36. The molecular formula is C19H16Cl2O5. The molecule has 0 aliphatic carbocycles. The predicted octanol–water partition coefficient (Wildman–Crippen LogP) is 4.39. The standard InChI is InChI=1S/C19H16Cl2O5/c1-25-18-8-4-13(10-15(18)21)17(23)11-26-19(24)9-7-16(22)12-2-5-14(20)6-3-12/h2-6,8,10H,7,9,11H2,1H3. The van der Waals surface area contributed by atoms with Crippen LogP contribution in [0.1, 0.15) is 33.6 Å². The number of methoxy groups -OCH3 is 1. The zero-order valence-corrected chi connectivity index (χ0v) is 15.5. The average Bonchev–Trinajstić information content (AvgIpc) is 2.64. The van der Waals surface area contributed by atoms with Crippen molar-refractivity contribution >= 4 is 40.7 Å². The summed E-state index contributed by atoms with van der Waals surface area (Å²) < 4.78 is 9.93. The molecule has 2 aromatic carbocycles. The Balaban J connectivity index is 1.81. The van der Waals surface area contributed by atoms with Crippen molar-refractivity contribution in [3.63, 3.8) is 0 Å². The molecule has 0 atom stereocenters. The second-order valence-corrected chi connectivity index (χ2v) is 6.21. The summed E-state index contributed by atoms with van der Waals surface area (Å²) in [5, 5.41) is 0.816. The van der Waals surface area contributed by atoms with Gasteiger partial charge in [0, 0.05) is 22.6 Å². The van der Waals surface area contributed by atoms with E-state index in [-0.39, 0.29) is 18.6 Å². The van der Waals surface area contributed by atoms with Crippen molar-refractivity contribution in [2.24, 2.45) is 0 Å². The second-order valence-electron chi connectivity index (χ2n) is 5.36. The van der Waals surface area contributed by atoms with Gasteiger partial charge in [-0.25, -0.2) is 0 Å². The maximum Gasteiger partial charge on any atom is 0.306 e. The summed E-state index contributed by atoms with van der Waals surface area (Å²) in [4.78, 5) is 35.8. The van der Waals surface area contributed by atoms with Gasteiger partial charge in [0.2, 0.25) is 0 Å². The fourth-order valence-corrected chi connectivity index (χ4v) is 2.52. The number of hydrogen-bond donors (Lipinski definition) is 0. The number of ether oxygens (including phenoxy) is 2. The Morgan fingerprint density at radius 1 is 0.885 bits per heavy atom. The third kappa shape index (κ3) is 5.58. The van der Waals surface area contributed by atoms with Crippen LogP contribution in [0.5, 0.6) is 5.75 Å². The van der Waals surface area contributed by atoms with E-state index in [9.17, 15) is 14.4 Å². The highest BCUT2D eigenvalue weighted by molar-refractivity contribution is 6.32. The first kappa shape index (κ1) is 19.9. The van der Waals surface area contributed by atoms with Gasteiger partial charge in [-0.05, 0) is 42.5 Å². The summed E-state index contributed by atoms with van der Waals surface area (Å²) in [7, 11) is 1.47. The Labute approximate surface area is 160 Å². The molecule has 2 rings (SSSR count). The minimum atomic E-state index is -0.625. The summed E-state index contributed by atoms with van der Waals surface area (Å²) in [5.41, 5.74) is 0.770. The number of esters is 1. The predicted molar refractivity (Wildman–Crippen MR) is 98.3 cm³/mol. The molecule has 0 aliphatic rings. The number of carbonyl (C=O) groups is 3. The number of halogens is 2. The Kier molecular flexibility index (Phi) is 7.18. The SMILES string of the molecule is COc1ccc(C(=O)COC(=O)CCC(=O)c2ccc(Cl)cc2)cc1Cl. The van der Waals surface area contributed by atoms with Gasteiger partial charge < -0.3 is 9.47 Å². The van der Waals surface area contributed by atoms with Gasteiger partial charge in [0.05, 0.1) is 18.6 Å². The van der Waals surface area contributed by atoms with Gasteiger partial charge >= 0.3 is 5.97 Å². The van der Waals surface area contributed by atoms with Crippen LogP contribution in [0.3, 0.4) is 0 Å². The zero-order valence-electron chi connectivity index (χ0n) is 14.0. The third-order valence-corrected chi connectivity index (χ3v) is 4.11. The molecule has 26 heavy (non-hydrogen) atoms. The number of carbonyl (C=O) groups excluding carboxylic acids is 3. The van der Waals surface area contributed by atoms with Crippen molar-refractivity contribution in [3.05, 3.63) is 63.6 Å². The normalized spacial score (nSPS) is 10.3. The van der Waals surface area contributed by atoms with Gasteiger partial charge in [0.25, 0.3) is 0 Å². The van der Waals surface area contributed by atoms with Crippen LogP contribution >= 0.6 is 23.2 Å². The first-order valence-corrected chi connectivity index (χ1v) is 8.47. The van der Waals surface area contributed by atoms with E-state index in [0.717, 1.165) is 0 Å². The smallest absolute Gasteiger partial charge is 0.306 e. The maximum absolute atomic E-state index is 12.0. The highest BCUT2D eigenvalue weighted by Crippen LogP contribution is 2.25. The third-order valence-electron chi connectivity index (χ3n) is 3.56. The molecule has 7 heteroatoms. The molecule has 0 fully saturated rings. The molecular weight excluding hydrogens is 379 g/mol. The summed E-state index contributed by atoms with van der Waals surface area (Å²) >= 11 is 11.7. The molecule has 0 aromatic heterocycles. The number of hydrogen-bond acceptors (Lipinski definition) is 5. The first-order valence-electron chi connectivity index (χ1n) is 7.72. The number of rotatable bonds is 8. The Morgan fingerprint density at radius 3 is 2.15 bits per heavy atom. The van der Waals surface area contributed by atoms with Crippen molar-refractivity contribution in [2.75, 3.05) is 13.7 Å². The van der Waals surface area contributed by atoms with Crippen LogP contribution in [-0.4, -0.2) is 31.3 Å². The lowest BCUT2D eigenvalue weighted by atomic mass is 10.1. The van der Waals surface area contributed by atoms with E-state index >= 15 is 0 Å². The van der Waals surface area contributed by atoms with E-state index in [0.29, 0.717) is 26.9 Å². The molecule has 0 unspecified atom stereocenters. The average molecular weight is 395 g/mol. The summed E-state index contributed by atoms with van der Waals surface area (Å²) in [6, 6.07) is 10.9. The molecule has 0 N–H and O–H groups in total. The van der Waals surface area contributed by atoms with Crippen LogP contribution in [-0.2, 0) is 9.53 Å². The number of ketones is 2. The van der Waals surface area contributed by atoms with E-state index in [1.807, 2.05) is 0 Å². The molecule has 0 bridgehead atoms. The summed E-state index contributed by atoms with van der Waals surface area (Å²) in [6.45, 7) is -0.420. The van der Waals surface area contributed by atoms with Gasteiger partial charge in [-0.15, -0.1) is 0 Å². The number of Topliss-reactive ketones (excluding diaryl/α,β-unsaturated/α-hetero) is 2. The zero-order chi connectivity index (χ0) is 19.1. The molecule has 0 saturated carbocycles. The highest BCUT2D eigenvalue weighted by Gasteiger charge is 2.14. The fourth-order valence-electron chi connectivity index (χ4n) is 2.14. The van der Waals surface area contributed by atoms with Crippen molar-refractivity contribution in [2.45, 2.75) is 12.8 Å². The maximum atomic E-state index is 12.0. The summed E-state index contributed by atoms with van der Waals surface area (Å²) in [6.07, 6.45) is -0.124. The van der Waals surface area contributed by atoms with E-state index in [2.05, 4.69) is 0 Å². The Hall–Kier alpha value is -2.37. The molecule has 0 spiro atoms. The van der Waals surface area contributed by atoms with Gasteiger partial charge in [0.1, 0.15) is 5.75 Å². The monoisotopic (exact) mass is 394 g/mol. The molecule has 0 saturated heterocycles. The van der Waals surface area contributed by atoms with E-state index < -0.39 is 18.4 Å². The lowest BCUT2D eigenvalue weighted by molar-refractivity contribution is -0.142. The first-order chi connectivity index (χ1) is 12.4. The van der Waals surface area contributed by atoms with Crippen molar-refractivity contribution in [3.8, 4) is 5.75 Å². The van der Waals surface area contributed by atoms with Crippen LogP contribution in [0.15, 0.2) is 42.5 Å². The molecule has 5 nitrogen and oxygen atoms in total. The van der Waals surface area contributed by atoms with Gasteiger partial charge in [-0.3, -0.25) is 14.4 Å². The molecule has 0 aliphatic heterocycles. The van der Waals surface area contributed by atoms with Crippen LogP contribution in [0.4, 0.5) is 0 Å². The van der Waals surface area contributed by atoms with Crippen molar-refractivity contribution in [1.82, 2.24) is 0 Å². The van der Waals surface area contributed by atoms with Gasteiger partial charge in [-0.2, -0.15) is 0 Å². The van der Waals surface area contributed by atoms with Gasteiger partial charge in [0.15, 0.2) is 18.2 Å². The summed E-state index contributed by atoms with van der Waals surface area (Å²) in [5.74, 6) is -0.778. The molecule has 0 heterocycles. The van der Waals surface area contributed by atoms with Gasteiger partial charge in [-0.1, -0.05) is 23.2 Å². The van der Waals surface area contributed by atoms with E-state index in [1.165, 1.54) is 19.2 Å². The Bertz CT molecular complexity index is 815. The van der Waals surface area contributed by atoms with Crippen LogP contribution in [0.25, 0.3) is 0 Å². The molecule has 0 amide bonds. The van der Waals surface area contributed by atoms with Crippen LogP contribution < -0.4 is 4.74 Å². The lowest BCUT2D eigenvalue weighted by Crippen LogP contribution is -2.15. The molecule has 0 radical (unpaired) electrons.